The maximum atomic E-state index is 2.44. The van der Waals surface area contributed by atoms with Gasteiger partial charge in [0.05, 0.1) is 0 Å². The van der Waals surface area contributed by atoms with E-state index < -0.39 is 0 Å². The van der Waals surface area contributed by atoms with E-state index in [0.717, 1.165) is 0 Å². The third-order valence-corrected chi connectivity index (χ3v) is 5.33. The molecule has 0 aromatic heterocycles. The highest BCUT2D eigenvalue weighted by atomic mass is 14.5. The molecule has 0 saturated heterocycles. The Morgan fingerprint density at radius 2 is 1.25 bits per heavy atom. The topological polar surface area (TPSA) is 0 Å². The summed E-state index contributed by atoms with van der Waals surface area (Å²) in [6.45, 7) is 16.4. The van der Waals surface area contributed by atoms with E-state index in [0.29, 0.717) is 11.8 Å². The van der Waals surface area contributed by atoms with Gasteiger partial charge in [0, 0.05) is 0 Å². The molecule has 0 spiro atoms. The first-order chi connectivity index (χ1) is 11.1. The fourth-order valence-corrected chi connectivity index (χ4v) is 4.02. The molecular formula is C24H32. The minimum atomic E-state index is 0.186. The number of rotatable bonds is 2. The van der Waals surface area contributed by atoms with Crippen molar-refractivity contribution in [3.8, 4) is 0 Å². The van der Waals surface area contributed by atoms with E-state index in [1.54, 1.807) is 16.7 Å². The van der Waals surface area contributed by atoms with Gasteiger partial charge in [0.25, 0.3) is 0 Å². The van der Waals surface area contributed by atoms with Crippen LogP contribution >= 0.6 is 0 Å². The van der Waals surface area contributed by atoms with E-state index in [4.69, 9.17) is 0 Å². The Morgan fingerprint density at radius 3 is 1.71 bits per heavy atom. The van der Waals surface area contributed by atoms with Crippen LogP contribution in [0.3, 0.4) is 0 Å². The molecule has 2 atom stereocenters. The Hall–Kier alpha value is -1.56. The molecule has 2 aromatic rings. The second kappa shape index (κ2) is 5.76. The van der Waals surface area contributed by atoms with E-state index in [-0.39, 0.29) is 10.8 Å². The molecule has 1 aliphatic rings. The molecule has 0 bridgehead atoms. The molecule has 0 aliphatic heterocycles. The van der Waals surface area contributed by atoms with Gasteiger partial charge < -0.3 is 0 Å². The van der Waals surface area contributed by atoms with Crippen molar-refractivity contribution in [1.82, 2.24) is 0 Å². The molecule has 3 rings (SSSR count). The van der Waals surface area contributed by atoms with Crippen LogP contribution < -0.4 is 0 Å². The maximum absolute atomic E-state index is 2.44. The van der Waals surface area contributed by atoms with Crippen LogP contribution in [0.15, 0.2) is 42.5 Å². The van der Waals surface area contributed by atoms with Crippen LogP contribution in [0, 0.1) is 6.92 Å². The molecule has 0 heteroatoms. The Morgan fingerprint density at radius 1 is 0.750 bits per heavy atom. The van der Waals surface area contributed by atoms with E-state index in [9.17, 15) is 0 Å². The lowest BCUT2D eigenvalue weighted by atomic mass is 9.73. The van der Waals surface area contributed by atoms with Gasteiger partial charge in [0.2, 0.25) is 0 Å². The molecular weight excluding hydrogens is 288 g/mol. The first-order valence-electron chi connectivity index (χ1n) is 9.29. The van der Waals surface area contributed by atoms with Crippen molar-refractivity contribution in [2.45, 2.75) is 77.6 Å². The normalized spacial score (nSPS) is 21.0. The van der Waals surface area contributed by atoms with Gasteiger partial charge >= 0.3 is 0 Å². The summed E-state index contributed by atoms with van der Waals surface area (Å²) in [5, 5.41) is 0. The Labute approximate surface area is 148 Å². The van der Waals surface area contributed by atoms with E-state index in [2.05, 4.69) is 90.9 Å². The molecule has 1 fully saturated rings. The number of hydrogen-bond acceptors (Lipinski definition) is 0. The molecule has 1 aliphatic carbocycles. The summed E-state index contributed by atoms with van der Waals surface area (Å²) in [5.41, 5.74) is 8.01. The zero-order chi connectivity index (χ0) is 17.7. The minimum Gasteiger partial charge on any atom is -0.0622 e. The van der Waals surface area contributed by atoms with Crippen molar-refractivity contribution in [1.29, 1.82) is 0 Å². The van der Waals surface area contributed by atoms with E-state index in [1.165, 1.54) is 17.5 Å². The molecule has 0 unspecified atom stereocenters. The molecule has 128 valence electrons. The maximum Gasteiger partial charge on any atom is -0.00810 e. The smallest absolute Gasteiger partial charge is 0.00810 e. The third kappa shape index (κ3) is 3.29. The van der Waals surface area contributed by atoms with Gasteiger partial charge in [-0.2, -0.15) is 0 Å². The van der Waals surface area contributed by atoms with Crippen molar-refractivity contribution in [2.75, 3.05) is 0 Å². The fraction of sp³-hybridized carbons (Fsp3) is 0.500. The fourth-order valence-electron chi connectivity index (χ4n) is 4.02. The molecule has 24 heavy (non-hydrogen) atoms. The van der Waals surface area contributed by atoms with Crippen molar-refractivity contribution in [2.24, 2.45) is 0 Å². The third-order valence-electron chi connectivity index (χ3n) is 5.33. The lowest BCUT2D eigenvalue weighted by Crippen LogP contribution is -2.21. The van der Waals surface area contributed by atoms with Gasteiger partial charge in [-0.25, -0.2) is 0 Å². The zero-order valence-electron chi connectivity index (χ0n) is 16.4. The van der Waals surface area contributed by atoms with Crippen LogP contribution in [0.4, 0.5) is 0 Å². The van der Waals surface area contributed by atoms with E-state index >= 15 is 0 Å². The van der Waals surface area contributed by atoms with Crippen molar-refractivity contribution >= 4 is 0 Å². The highest BCUT2D eigenvalue weighted by Crippen LogP contribution is 2.58. The first kappa shape index (κ1) is 17.3. The van der Waals surface area contributed by atoms with Crippen LogP contribution in [-0.2, 0) is 10.8 Å². The molecule has 0 amide bonds. The molecule has 0 nitrogen and oxygen atoms in total. The van der Waals surface area contributed by atoms with Gasteiger partial charge in [-0.3, -0.25) is 0 Å². The summed E-state index contributed by atoms with van der Waals surface area (Å²) >= 11 is 0. The van der Waals surface area contributed by atoms with Crippen LogP contribution in [0.25, 0.3) is 0 Å². The highest BCUT2D eigenvalue weighted by Gasteiger charge is 2.44. The van der Waals surface area contributed by atoms with Crippen LogP contribution in [0.2, 0.25) is 0 Å². The number of hydrogen-bond donors (Lipinski definition) is 0. The summed E-state index contributed by atoms with van der Waals surface area (Å²) in [7, 11) is 0. The largest absolute Gasteiger partial charge is 0.0622 e. The van der Waals surface area contributed by atoms with Crippen molar-refractivity contribution in [3.05, 3.63) is 70.3 Å². The summed E-state index contributed by atoms with van der Waals surface area (Å²) in [6.07, 6.45) is 1.29. The molecule has 0 radical (unpaired) electrons. The van der Waals surface area contributed by atoms with Crippen molar-refractivity contribution in [3.63, 3.8) is 0 Å². The molecule has 0 N–H and O–H groups in total. The van der Waals surface area contributed by atoms with E-state index in [1.807, 2.05) is 0 Å². The van der Waals surface area contributed by atoms with Crippen LogP contribution in [0.5, 0.6) is 0 Å². The van der Waals surface area contributed by atoms with Gasteiger partial charge in [0.1, 0.15) is 0 Å². The van der Waals surface area contributed by atoms with Gasteiger partial charge in [-0.1, -0.05) is 89.6 Å². The monoisotopic (exact) mass is 320 g/mol. The highest BCUT2D eigenvalue weighted by molar-refractivity contribution is 5.51. The average molecular weight is 321 g/mol. The second-order valence-electron chi connectivity index (χ2n) is 9.63. The van der Waals surface area contributed by atoms with Crippen LogP contribution in [-0.4, -0.2) is 0 Å². The summed E-state index contributed by atoms with van der Waals surface area (Å²) in [6, 6.07) is 15.9. The SMILES string of the molecule is Cc1cc(C(C)(C)C)c([C@@H]2C[C@@H]2c2ccccc2)c(C(C)(C)C)c1. The summed E-state index contributed by atoms with van der Waals surface area (Å²) in [5.74, 6) is 1.37. The Bertz CT molecular complexity index is 688. The minimum absolute atomic E-state index is 0.186. The average Bonchev–Trinajstić information content (AvgIpc) is 3.26. The predicted molar refractivity (Wildman–Crippen MR) is 105 cm³/mol. The lowest BCUT2D eigenvalue weighted by molar-refractivity contribution is 0.553. The molecule has 2 aromatic carbocycles. The standard InChI is InChI=1S/C24H32/c1-16-13-20(23(2,3)4)22(21(14-16)24(5,6)7)19-15-18(19)17-11-9-8-10-12-17/h8-14,18-19H,15H2,1-7H3/t18-,19-/m1/s1. The summed E-state index contributed by atoms with van der Waals surface area (Å²) in [4.78, 5) is 0. The predicted octanol–water partition coefficient (Wildman–Crippen LogP) is 6.86. The van der Waals surface area contributed by atoms with Gasteiger partial charge in [0.15, 0.2) is 0 Å². The van der Waals surface area contributed by atoms with Gasteiger partial charge in [-0.05, 0) is 58.3 Å². The lowest BCUT2D eigenvalue weighted by Gasteiger charge is -2.31. The number of aryl methyl sites for hydroxylation is 1. The number of benzene rings is 2. The first-order valence-corrected chi connectivity index (χ1v) is 9.29. The van der Waals surface area contributed by atoms with Gasteiger partial charge in [-0.15, -0.1) is 0 Å². The second-order valence-corrected chi connectivity index (χ2v) is 9.63. The Balaban J connectivity index is 2.13. The summed E-state index contributed by atoms with van der Waals surface area (Å²) < 4.78 is 0. The molecule has 0 heterocycles. The quantitative estimate of drug-likeness (QED) is 0.567. The van der Waals surface area contributed by atoms with Crippen LogP contribution in [0.1, 0.15) is 87.6 Å². The zero-order valence-corrected chi connectivity index (χ0v) is 16.4. The van der Waals surface area contributed by atoms with Crippen molar-refractivity contribution < 1.29 is 0 Å². The molecule has 1 saturated carbocycles. The Kier molecular flexibility index (Phi) is 4.14.